The predicted molar refractivity (Wildman–Crippen MR) is 214 cm³/mol. The molecule has 3 heterocycles. The molecule has 1 amide bonds. The molecule has 2 aliphatic rings. The maximum absolute atomic E-state index is 15.0. The van der Waals surface area contributed by atoms with E-state index < -0.39 is 89.4 Å². The van der Waals surface area contributed by atoms with E-state index in [-0.39, 0.29) is 73.5 Å². The van der Waals surface area contributed by atoms with Gasteiger partial charge >= 0.3 is 0 Å². The van der Waals surface area contributed by atoms with E-state index in [1.165, 1.54) is 23.9 Å². The van der Waals surface area contributed by atoms with Crippen LogP contribution < -0.4 is 10.0 Å². The fourth-order valence-corrected chi connectivity index (χ4v) is 8.48. The lowest BCUT2D eigenvalue weighted by Crippen LogP contribution is -2.35. The maximum Gasteiger partial charge on any atom is 0.290 e. The molecule has 0 bridgehead atoms. The molecule has 5 aromatic rings. The van der Waals surface area contributed by atoms with Crippen molar-refractivity contribution in [1.29, 1.82) is 0 Å². The first-order chi connectivity index (χ1) is 28.3. The summed E-state index contributed by atoms with van der Waals surface area (Å²) >= 11 is 6.53. The third kappa shape index (κ3) is 9.36. The van der Waals surface area contributed by atoms with Crippen LogP contribution in [-0.4, -0.2) is 57.7 Å². The van der Waals surface area contributed by atoms with E-state index in [0.29, 0.717) is 23.6 Å². The number of benzene rings is 2. The second-order valence-corrected chi connectivity index (χ2v) is 18.2. The smallest absolute Gasteiger partial charge is 0.290 e. The molecular formula is C40H36ClF8N7O2S2. The molecule has 7 rings (SSSR count). The Kier molecular flexibility index (Phi) is 12.4. The van der Waals surface area contributed by atoms with Crippen molar-refractivity contribution < 1.29 is 44.5 Å². The lowest BCUT2D eigenvalue weighted by atomic mass is 9.93. The molecular weight excluding hydrogens is 862 g/mol. The third-order valence-electron chi connectivity index (χ3n) is 10.0. The summed E-state index contributed by atoms with van der Waals surface area (Å²) in [4.78, 5) is 18.8. The molecule has 2 unspecified atom stereocenters. The van der Waals surface area contributed by atoms with Crippen LogP contribution in [0.25, 0.3) is 22.0 Å². The number of hydrogen-bond acceptors (Lipinski definition) is 7. The zero-order valence-electron chi connectivity index (χ0n) is 32.1. The molecule has 3 aromatic heterocycles. The number of alkyl halides is 6. The van der Waals surface area contributed by atoms with Gasteiger partial charge in [0.05, 0.1) is 43.8 Å². The van der Waals surface area contributed by atoms with Gasteiger partial charge in [-0.2, -0.15) is 18.6 Å². The Morgan fingerprint density at radius 1 is 1.05 bits per heavy atom. The van der Waals surface area contributed by atoms with Gasteiger partial charge in [-0.1, -0.05) is 23.6 Å². The number of pyridine rings is 1. The van der Waals surface area contributed by atoms with Gasteiger partial charge in [0.2, 0.25) is 11.7 Å². The minimum absolute atomic E-state index is 0.00411. The highest BCUT2D eigenvalue weighted by Gasteiger charge is 2.46. The highest BCUT2D eigenvalue weighted by atomic mass is 35.5. The normalized spacial score (nSPS) is 15.9. The Hall–Kier alpha value is -4.51. The molecule has 9 nitrogen and oxygen atoms in total. The Morgan fingerprint density at radius 2 is 1.75 bits per heavy atom. The van der Waals surface area contributed by atoms with E-state index >= 15 is 8.78 Å². The first kappa shape index (κ1) is 43.6. The number of halogens is 9. The average Bonchev–Trinajstić information content (AvgIpc) is 3.78. The monoisotopic (exact) mass is 897 g/mol. The van der Waals surface area contributed by atoms with Crippen molar-refractivity contribution in [1.82, 2.24) is 29.9 Å². The lowest BCUT2D eigenvalue weighted by molar-refractivity contribution is -0.122. The Labute approximate surface area is 351 Å². The summed E-state index contributed by atoms with van der Waals surface area (Å²) in [6, 6.07) is 7.36. The summed E-state index contributed by atoms with van der Waals surface area (Å²) in [6.45, 7) is 1.87. The Balaban J connectivity index is 1.41. The van der Waals surface area contributed by atoms with Crippen LogP contribution in [0.15, 0.2) is 42.5 Å². The number of anilines is 1. The van der Waals surface area contributed by atoms with Crippen molar-refractivity contribution in [2.45, 2.75) is 93.9 Å². The number of aromatic nitrogens is 5. The molecule has 2 atom stereocenters. The molecule has 2 aromatic carbocycles. The number of hydrogen-bond donors (Lipinski definition) is 2. The van der Waals surface area contributed by atoms with Crippen molar-refractivity contribution in [2.24, 2.45) is 0 Å². The van der Waals surface area contributed by atoms with Gasteiger partial charge in [0.25, 0.3) is 18.8 Å². The molecule has 0 aliphatic heterocycles. The molecule has 318 valence electrons. The highest BCUT2D eigenvalue weighted by molar-refractivity contribution is 8.00. The first-order valence-electron chi connectivity index (χ1n) is 18.6. The molecule has 0 spiro atoms. The molecule has 1 fully saturated rings. The lowest BCUT2D eigenvalue weighted by Gasteiger charge is -2.23. The largest absolute Gasteiger partial charge is 0.593 e. The fourth-order valence-electron chi connectivity index (χ4n) is 7.02. The van der Waals surface area contributed by atoms with Crippen molar-refractivity contribution in [3.8, 4) is 23.0 Å². The van der Waals surface area contributed by atoms with Crippen LogP contribution in [0.4, 0.5) is 40.9 Å². The number of fused-ring (bicyclic) bond motifs is 2. The van der Waals surface area contributed by atoms with Gasteiger partial charge in [-0.3, -0.25) is 14.2 Å². The standard InChI is InChI=1S/C40H36ClF8N7O2S2/c1-39(2,59-3)12-10-23-4-7-25(26-8-9-28(41)32-35(26)55(18-30(44)45)53-38(32)54-60(58)24-5-6-24)33(50-23)29(16-20-14-21(42)17-22(43)15-20)51-31(57)19-56-36-27(11-13-40(36,48)49)34(52-56)37(46)47/h4,7-9,14-15,17,24,29-30,37H,5-6,11,13,16,18-19H2,1-3H3,(H,51,57)(H,53,54). The summed E-state index contributed by atoms with van der Waals surface area (Å²) in [6.07, 6.45) is -4.38. The van der Waals surface area contributed by atoms with E-state index in [1.54, 1.807) is 12.1 Å². The Morgan fingerprint density at radius 3 is 2.40 bits per heavy atom. The fraction of sp³-hybridized carbons (Fsp3) is 0.400. The molecule has 20 heteroatoms. The minimum Gasteiger partial charge on any atom is -0.593 e. The topological polar surface area (TPSA) is 113 Å². The van der Waals surface area contributed by atoms with E-state index in [2.05, 4.69) is 32.1 Å². The van der Waals surface area contributed by atoms with Gasteiger partial charge in [-0.25, -0.2) is 31.3 Å². The van der Waals surface area contributed by atoms with Gasteiger partial charge in [0, 0.05) is 42.0 Å². The quantitative estimate of drug-likeness (QED) is 0.0650. The summed E-state index contributed by atoms with van der Waals surface area (Å²) in [5.74, 6) is -0.379. The molecule has 0 saturated heterocycles. The maximum atomic E-state index is 15.0. The first-order valence-corrected chi connectivity index (χ1v) is 21.4. The average molecular weight is 898 g/mol. The van der Waals surface area contributed by atoms with Gasteiger partial charge in [0.1, 0.15) is 47.1 Å². The van der Waals surface area contributed by atoms with Crippen molar-refractivity contribution in [3.05, 3.63) is 93.0 Å². The second kappa shape index (κ2) is 17.1. The van der Waals surface area contributed by atoms with Crippen molar-refractivity contribution >= 4 is 57.4 Å². The van der Waals surface area contributed by atoms with Crippen molar-refractivity contribution in [2.75, 3.05) is 11.0 Å². The molecule has 2 N–H and O–H groups in total. The van der Waals surface area contributed by atoms with E-state index in [9.17, 15) is 35.7 Å². The summed E-state index contributed by atoms with van der Waals surface area (Å²) in [7, 11) is 0. The number of carbonyl (C=O) groups is 1. The van der Waals surface area contributed by atoms with Crippen LogP contribution >= 0.6 is 23.4 Å². The van der Waals surface area contributed by atoms with Gasteiger partial charge in [-0.05, 0) is 74.8 Å². The van der Waals surface area contributed by atoms with Crippen LogP contribution in [0.3, 0.4) is 0 Å². The van der Waals surface area contributed by atoms with Gasteiger partial charge in [-0.15, -0.1) is 16.9 Å². The minimum atomic E-state index is -3.55. The predicted octanol–water partition coefficient (Wildman–Crippen LogP) is 9.30. The number of rotatable bonds is 14. The number of nitrogens with one attached hydrogen (secondary N) is 2. The van der Waals surface area contributed by atoms with Gasteiger partial charge < -0.3 is 9.87 Å². The van der Waals surface area contributed by atoms with Crippen molar-refractivity contribution in [3.63, 3.8) is 0 Å². The van der Waals surface area contributed by atoms with E-state index in [4.69, 9.17) is 16.6 Å². The zero-order chi connectivity index (χ0) is 43.3. The van der Waals surface area contributed by atoms with Crippen LogP contribution in [-0.2, 0) is 48.0 Å². The van der Waals surface area contributed by atoms with Crippen LogP contribution in [0, 0.1) is 23.5 Å². The second-order valence-electron chi connectivity index (χ2n) is 14.9. The summed E-state index contributed by atoms with van der Waals surface area (Å²) < 4.78 is 132. The number of amides is 1. The molecule has 2 aliphatic carbocycles. The molecule has 60 heavy (non-hydrogen) atoms. The number of thioether (sulfide) groups is 1. The SMILES string of the molecule is CSC(C)(C)C#Cc1ccc(-c2ccc(Cl)c3c(N[S+]([O-])C4CC4)nn(CC(F)F)c23)c(C(Cc2cc(F)cc(F)c2)NC(=O)Cn2nc(C(F)F)c3c2C(F)(F)CC3)n1. The zero-order valence-corrected chi connectivity index (χ0v) is 34.5. The summed E-state index contributed by atoms with van der Waals surface area (Å²) in [5.41, 5.74) is -1.38. The molecule has 1 saturated carbocycles. The Bertz CT molecular complexity index is 2500. The summed E-state index contributed by atoms with van der Waals surface area (Å²) in [5, 5.41) is 10.8. The van der Waals surface area contributed by atoms with Crippen LogP contribution in [0.5, 0.6) is 0 Å². The van der Waals surface area contributed by atoms with E-state index in [1.807, 2.05) is 20.1 Å². The van der Waals surface area contributed by atoms with Gasteiger partial charge in [0.15, 0.2) is 0 Å². The van der Waals surface area contributed by atoms with Crippen LogP contribution in [0.2, 0.25) is 5.02 Å². The van der Waals surface area contributed by atoms with Crippen LogP contribution in [0.1, 0.15) is 79.5 Å². The number of nitrogens with zero attached hydrogens (tertiary/aromatic N) is 5. The third-order valence-corrected chi connectivity index (χ3v) is 12.9. The number of carbonyl (C=O) groups excluding carboxylic acids is 1. The molecule has 0 radical (unpaired) electrons. The van der Waals surface area contributed by atoms with E-state index in [0.717, 1.165) is 16.8 Å². The highest BCUT2D eigenvalue weighted by Crippen LogP contribution is 2.45.